The minimum absolute atomic E-state index is 0.653. The minimum Gasteiger partial charge on any atom is -0.385 e. The zero-order chi connectivity index (χ0) is 20.0. The lowest BCUT2D eigenvalue weighted by molar-refractivity contribution is 1.04. The first-order valence-corrected chi connectivity index (χ1v) is 9.27. The first-order valence-electron chi connectivity index (χ1n) is 9.27. The Hall–Kier alpha value is -3.00. The number of hydrogen-bond donors (Lipinski definition) is 1. The lowest BCUT2D eigenvalue weighted by Gasteiger charge is -2.23. The van der Waals surface area contributed by atoms with Crippen LogP contribution in [0.25, 0.3) is 5.57 Å². The summed E-state index contributed by atoms with van der Waals surface area (Å²) in [6, 6.07) is 14.8. The Labute approximate surface area is 164 Å². The number of rotatable bonds is 7. The second kappa shape index (κ2) is 9.09. The Morgan fingerprint density at radius 1 is 1.07 bits per heavy atom. The lowest BCUT2D eigenvalue weighted by Crippen LogP contribution is -2.25. The molecule has 2 heteroatoms. The summed E-state index contributed by atoms with van der Waals surface area (Å²) < 4.78 is 0. The highest BCUT2D eigenvalue weighted by Crippen LogP contribution is 2.28. The molecule has 2 aromatic rings. The van der Waals surface area contributed by atoms with Crippen molar-refractivity contribution in [2.45, 2.75) is 27.2 Å². The summed E-state index contributed by atoms with van der Waals surface area (Å²) in [6.45, 7) is 14.5. The fourth-order valence-electron chi connectivity index (χ4n) is 2.86. The SMILES string of the molecule is C=C/C=C\C(C(=C)c1ccc(C)c(C)c1)=C(\N)N(C)c1ccc(CC)cc1. The molecule has 0 aromatic heterocycles. The molecular weight excluding hydrogens is 328 g/mol. The summed E-state index contributed by atoms with van der Waals surface area (Å²) in [4.78, 5) is 1.99. The van der Waals surface area contributed by atoms with Crippen LogP contribution in [0.2, 0.25) is 0 Å². The molecule has 0 amide bonds. The van der Waals surface area contributed by atoms with E-state index in [2.05, 4.69) is 76.4 Å². The van der Waals surface area contributed by atoms with Gasteiger partial charge in [0.05, 0.1) is 0 Å². The van der Waals surface area contributed by atoms with Crippen molar-refractivity contribution in [3.63, 3.8) is 0 Å². The molecule has 0 saturated heterocycles. The molecule has 0 aliphatic carbocycles. The zero-order valence-electron chi connectivity index (χ0n) is 16.9. The summed E-state index contributed by atoms with van der Waals surface area (Å²) in [5, 5.41) is 0. The van der Waals surface area contributed by atoms with Gasteiger partial charge in [-0.15, -0.1) is 0 Å². The number of nitrogens with two attached hydrogens (primary N) is 1. The molecule has 0 aliphatic rings. The third-order valence-corrected chi connectivity index (χ3v) is 4.95. The predicted molar refractivity (Wildman–Crippen MR) is 120 cm³/mol. The molecule has 0 aliphatic heterocycles. The molecule has 2 rings (SSSR count). The van der Waals surface area contributed by atoms with E-state index in [-0.39, 0.29) is 0 Å². The Bertz CT molecular complexity index is 883. The zero-order valence-corrected chi connectivity index (χ0v) is 16.9. The third kappa shape index (κ3) is 4.79. The van der Waals surface area contributed by atoms with Gasteiger partial charge >= 0.3 is 0 Å². The second-order valence-electron chi connectivity index (χ2n) is 6.75. The number of hydrogen-bond acceptors (Lipinski definition) is 2. The van der Waals surface area contributed by atoms with Crippen molar-refractivity contribution >= 4 is 11.3 Å². The number of benzene rings is 2. The molecule has 0 fully saturated rings. The van der Waals surface area contributed by atoms with Crippen molar-refractivity contribution in [1.29, 1.82) is 0 Å². The van der Waals surface area contributed by atoms with E-state index in [4.69, 9.17) is 5.73 Å². The lowest BCUT2D eigenvalue weighted by atomic mass is 9.95. The maximum absolute atomic E-state index is 6.57. The first kappa shape index (κ1) is 20.3. The molecular formula is C25H30N2. The average molecular weight is 359 g/mol. The highest BCUT2D eigenvalue weighted by molar-refractivity contribution is 5.82. The van der Waals surface area contributed by atoms with Gasteiger partial charge in [0.2, 0.25) is 0 Å². The highest BCUT2D eigenvalue weighted by Gasteiger charge is 2.13. The molecule has 2 aromatic carbocycles. The Kier molecular flexibility index (Phi) is 6.84. The second-order valence-corrected chi connectivity index (χ2v) is 6.75. The quantitative estimate of drug-likeness (QED) is 0.622. The van der Waals surface area contributed by atoms with Gasteiger partial charge in [0, 0.05) is 18.3 Å². The molecule has 2 nitrogen and oxygen atoms in total. The van der Waals surface area contributed by atoms with Gasteiger partial charge in [-0.2, -0.15) is 0 Å². The Balaban J connectivity index is 2.47. The van der Waals surface area contributed by atoms with Crippen LogP contribution in [0.5, 0.6) is 0 Å². The van der Waals surface area contributed by atoms with Crippen LogP contribution in [0.15, 0.2) is 85.2 Å². The molecule has 2 N–H and O–H groups in total. The normalized spacial score (nSPS) is 12.0. The molecule has 0 bridgehead atoms. The summed E-state index contributed by atoms with van der Waals surface area (Å²) in [5.74, 6) is 0.653. The van der Waals surface area contributed by atoms with E-state index in [1.807, 2.05) is 24.1 Å². The largest absolute Gasteiger partial charge is 0.385 e. The van der Waals surface area contributed by atoms with Gasteiger partial charge in [-0.05, 0) is 60.2 Å². The minimum atomic E-state index is 0.653. The number of anilines is 1. The maximum Gasteiger partial charge on any atom is 0.111 e. The van der Waals surface area contributed by atoms with Crippen molar-refractivity contribution < 1.29 is 0 Å². The van der Waals surface area contributed by atoms with Gasteiger partial charge < -0.3 is 10.6 Å². The van der Waals surface area contributed by atoms with Crippen LogP contribution in [-0.2, 0) is 6.42 Å². The molecule has 27 heavy (non-hydrogen) atoms. The van der Waals surface area contributed by atoms with Crippen LogP contribution in [-0.4, -0.2) is 7.05 Å². The van der Waals surface area contributed by atoms with Crippen molar-refractivity contribution in [3.8, 4) is 0 Å². The summed E-state index contributed by atoms with van der Waals surface area (Å²) in [6.07, 6.45) is 6.63. The van der Waals surface area contributed by atoms with Crippen LogP contribution < -0.4 is 10.6 Å². The number of nitrogens with zero attached hydrogens (tertiary/aromatic N) is 1. The van der Waals surface area contributed by atoms with E-state index in [0.29, 0.717) is 5.82 Å². The van der Waals surface area contributed by atoms with Gasteiger partial charge in [-0.3, -0.25) is 0 Å². The Morgan fingerprint density at radius 3 is 2.30 bits per heavy atom. The van der Waals surface area contributed by atoms with Crippen LogP contribution in [0.4, 0.5) is 5.69 Å². The monoisotopic (exact) mass is 358 g/mol. The third-order valence-electron chi connectivity index (χ3n) is 4.95. The van der Waals surface area contributed by atoms with E-state index in [1.54, 1.807) is 6.08 Å². The van der Waals surface area contributed by atoms with Crippen molar-refractivity contribution in [1.82, 2.24) is 0 Å². The first-order chi connectivity index (χ1) is 12.9. The van der Waals surface area contributed by atoms with Crippen LogP contribution in [0.1, 0.15) is 29.2 Å². The van der Waals surface area contributed by atoms with Gasteiger partial charge in [0.1, 0.15) is 5.82 Å². The number of aryl methyl sites for hydroxylation is 3. The molecule has 0 spiro atoms. The predicted octanol–water partition coefficient (Wildman–Crippen LogP) is 5.93. The topological polar surface area (TPSA) is 29.3 Å². The fraction of sp³-hybridized carbons (Fsp3) is 0.200. The summed E-state index contributed by atoms with van der Waals surface area (Å²) >= 11 is 0. The standard InChI is InChI=1S/C25H30N2/c1-7-9-10-24(20(5)22-14-11-18(3)19(4)17-22)25(26)27(6)23-15-12-21(8-2)13-16-23/h7,9-17H,1,5,8,26H2,2-4,6H3/b10-9-,25-24+. The van der Waals surface area contributed by atoms with Crippen LogP contribution in [0, 0.1) is 13.8 Å². The van der Waals surface area contributed by atoms with Crippen molar-refractivity contribution in [3.05, 3.63) is 107 Å². The highest BCUT2D eigenvalue weighted by atomic mass is 15.2. The molecule has 0 heterocycles. The summed E-state index contributed by atoms with van der Waals surface area (Å²) in [5.41, 5.74) is 14.3. The van der Waals surface area contributed by atoms with E-state index in [9.17, 15) is 0 Å². The van der Waals surface area contributed by atoms with E-state index in [1.165, 1.54) is 16.7 Å². The average Bonchev–Trinajstić information content (AvgIpc) is 2.69. The van der Waals surface area contributed by atoms with Gasteiger partial charge in [-0.1, -0.05) is 68.6 Å². The van der Waals surface area contributed by atoms with E-state index in [0.717, 1.165) is 28.8 Å². The van der Waals surface area contributed by atoms with Gasteiger partial charge in [-0.25, -0.2) is 0 Å². The maximum atomic E-state index is 6.57. The molecule has 0 saturated carbocycles. The smallest absolute Gasteiger partial charge is 0.111 e. The van der Waals surface area contributed by atoms with Gasteiger partial charge in [0.25, 0.3) is 0 Å². The van der Waals surface area contributed by atoms with Crippen molar-refractivity contribution in [2.75, 3.05) is 11.9 Å². The molecule has 0 unspecified atom stereocenters. The molecule has 140 valence electrons. The molecule has 0 atom stereocenters. The Morgan fingerprint density at radius 2 is 1.74 bits per heavy atom. The van der Waals surface area contributed by atoms with E-state index < -0.39 is 0 Å². The van der Waals surface area contributed by atoms with Gasteiger partial charge in [0.15, 0.2) is 0 Å². The fourth-order valence-corrected chi connectivity index (χ4v) is 2.86. The van der Waals surface area contributed by atoms with Crippen LogP contribution >= 0.6 is 0 Å². The van der Waals surface area contributed by atoms with E-state index >= 15 is 0 Å². The summed E-state index contributed by atoms with van der Waals surface area (Å²) in [7, 11) is 1.98. The van der Waals surface area contributed by atoms with Crippen molar-refractivity contribution in [2.24, 2.45) is 5.73 Å². The number of allylic oxidation sites excluding steroid dienone is 5. The molecule has 0 radical (unpaired) electrons. The van der Waals surface area contributed by atoms with Crippen LogP contribution in [0.3, 0.4) is 0 Å².